The van der Waals surface area contributed by atoms with E-state index in [0.29, 0.717) is 52.5 Å². The minimum Gasteiger partial charge on any atom is -0.488 e. The van der Waals surface area contributed by atoms with Crippen LogP contribution in [0.5, 0.6) is 0 Å². The van der Waals surface area contributed by atoms with E-state index in [4.69, 9.17) is 4.42 Å². The van der Waals surface area contributed by atoms with Gasteiger partial charge in [-0.1, -0.05) is 201 Å². The third-order valence-electron chi connectivity index (χ3n) is 15.8. The minimum atomic E-state index is -6.00. The summed E-state index contributed by atoms with van der Waals surface area (Å²) in [5, 5.41) is 18.4. The van der Waals surface area contributed by atoms with Crippen LogP contribution in [-0.4, -0.2) is 40.9 Å². The molecule has 0 N–H and O–H groups in total. The molecule has 0 amide bonds. The average molecular weight is 1690 g/mol. The zero-order valence-electron chi connectivity index (χ0n) is 60.3. The first-order chi connectivity index (χ1) is 45.8. The maximum atomic E-state index is 9.75. The predicted octanol–water partition coefficient (Wildman–Crippen LogP) is 24.0. The first-order valence-corrected chi connectivity index (χ1v) is 33.9. The van der Waals surface area contributed by atoms with Gasteiger partial charge in [0.15, 0.2) is 5.89 Å². The maximum Gasteiger partial charge on any atom is 3.00 e. The Morgan fingerprint density at radius 2 is 0.796 bits per heavy atom. The summed E-state index contributed by atoms with van der Waals surface area (Å²) in [6.07, 6.45) is 27.5. The number of rotatable bonds is 12. The SMILES string of the molecule is C1CCCCCCC1.CC(C)c1cccc(C(C)C)c1-n1ccnc1-c1[c-]ccc(C#N)c1.CC(C)c1cccc(C(C)C)c1-n1ccnc1-c1cccc(C#N)c1.C[CH-]C.C[CH-]C.Cc1nc2cc(-c3nccn3-c3c(C(C)C)cccc3C(C)C)[c-]cc2o1.F[B-](F)(F)F.[Ir+3].[Ir]. The second-order valence-corrected chi connectivity index (χ2v) is 25.7. The third kappa shape index (κ3) is 24.7. The molecule has 4 heterocycles. The van der Waals surface area contributed by atoms with Crippen molar-refractivity contribution < 1.29 is 61.9 Å². The van der Waals surface area contributed by atoms with E-state index < -0.39 is 7.25 Å². The quantitative estimate of drug-likeness (QED) is 0.0677. The fourth-order valence-corrected chi connectivity index (χ4v) is 11.4. The van der Waals surface area contributed by atoms with Crippen LogP contribution in [-0.2, 0) is 40.2 Å². The second kappa shape index (κ2) is 42.4. The van der Waals surface area contributed by atoms with Gasteiger partial charge < -0.3 is 43.7 Å². The van der Waals surface area contributed by atoms with Crippen molar-refractivity contribution in [2.45, 2.75) is 205 Å². The molecule has 11 rings (SSSR count). The summed E-state index contributed by atoms with van der Waals surface area (Å²) in [6.45, 7) is 36.5. The average Bonchev–Trinajstić information content (AvgIpc) is 1.47. The summed E-state index contributed by atoms with van der Waals surface area (Å²) >= 11 is 0. The molecule has 525 valence electrons. The molecule has 0 aliphatic heterocycles. The van der Waals surface area contributed by atoms with E-state index in [2.05, 4.69) is 196 Å². The number of hydrogen-bond acceptors (Lipinski definition) is 7. The number of aromatic nitrogens is 7. The topological polar surface area (TPSA) is 127 Å². The molecule has 6 aromatic carbocycles. The molecule has 1 aliphatic carbocycles. The molecule has 0 bridgehead atoms. The number of nitriles is 2. The van der Waals surface area contributed by atoms with E-state index >= 15 is 0 Å². The zero-order chi connectivity index (χ0) is 70.6. The zero-order valence-corrected chi connectivity index (χ0v) is 65.1. The molecule has 98 heavy (non-hydrogen) atoms. The van der Waals surface area contributed by atoms with Crippen LogP contribution in [0.4, 0.5) is 17.3 Å². The molecular weight excluding hydrogens is 1590 g/mol. The number of fused-ring (bicyclic) bond motifs is 1. The Bertz CT molecular complexity index is 3800. The van der Waals surface area contributed by atoms with E-state index in [1.54, 1.807) is 12.1 Å². The van der Waals surface area contributed by atoms with Gasteiger partial charge in [0.05, 0.1) is 40.6 Å². The molecule has 1 aliphatic rings. The number of hydrogen-bond donors (Lipinski definition) is 0. The molecule has 0 atom stereocenters. The molecule has 1 saturated carbocycles. The summed E-state index contributed by atoms with van der Waals surface area (Å²) in [5.74, 6) is 5.66. The molecule has 1 radical (unpaired) electrons. The van der Waals surface area contributed by atoms with E-state index in [-0.39, 0.29) is 40.2 Å². The number of oxazole rings is 1. The normalized spacial score (nSPS) is 11.8. The van der Waals surface area contributed by atoms with Gasteiger partial charge in [0.25, 0.3) is 0 Å². The van der Waals surface area contributed by atoms with Crippen LogP contribution in [0, 0.1) is 54.6 Å². The monoisotopic (exact) mass is 1690 g/mol. The van der Waals surface area contributed by atoms with Crippen LogP contribution < -0.4 is 0 Å². The van der Waals surface area contributed by atoms with E-state index in [9.17, 15) is 27.8 Å². The van der Waals surface area contributed by atoms with Crippen LogP contribution in [0.25, 0.3) is 62.3 Å². The van der Waals surface area contributed by atoms with Crippen molar-refractivity contribution in [3.05, 3.63) is 222 Å². The molecule has 0 unspecified atom stereocenters. The standard InChI is InChI=1S/C23H24N3O.C22H23N3.C22H22N3.C8H16.2C3H7.BF4.2Ir/c1-14(2)18-7-6-8-19(15(3)4)22(18)26-12-11-24-23(26)17-9-10-21-20(13-17)25-16(5)27-21;2*1-15(2)19-9-6-10-20(16(3)4)21(19)25-12-11-24-22(25)18-8-5-7-17(13-18)14-23;1-2-4-6-8-7-5-3-1;2*1-3-2;2-1(3,4)5;;/h6-8,10-15H,1-5H3;5-13,15-16H,1-4H3;5-7,9-13,15-16H,1-4H3;1-8H2;2*3H,1-2H3;;;/q-1;;-1;;3*-1;;+3. The molecule has 0 saturated heterocycles. The Balaban J connectivity index is 0.000000334. The largest absolute Gasteiger partial charge is 3.00 e. The van der Waals surface area contributed by atoms with Gasteiger partial charge in [-0.05, 0) is 86.6 Å². The molecule has 10 aromatic rings. The van der Waals surface area contributed by atoms with E-state index in [0.717, 1.165) is 45.3 Å². The van der Waals surface area contributed by atoms with Crippen LogP contribution in [0.1, 0.15) is 248 Å². The number of benzene rings is 6. The Morgan fingerprint density at radius 3 is 1.14 bits per heavy atom. The van der Waals surface area contributed by atoms with Crippen LogP contribution in [0.15, 0.2) is 151 Å². The van der Waals surface area contributed by atoms with Gasteiger partial charge in [0.1, 0.15) is 5.82 Å². The Kier molecular flexibility index (Phi) is 36.7. The van der Waals surface area contributed by atoms with Crippen molar-refractivity contribution >= 4 is 18.4 Å². The number of aryl methyl sites for hydroxylation is 1. The number of imidazole rings is 3. The van der Waals surface area contributed by atoms with E-state index in [1.807, 2.05) is 127 Å². The fourth-order valence-electron chi connectivity index (χ4n) is 11.4. The summed E-state index contributed by atoms with van der Waals surface area (Å²) in [6, 6.07) is 47.4. The Labute approximate surface area is 610 Å². The summed E-state index contributed by atoms with van der Waals surface area (Å²) in [7, 11) is -6.00. The van der Waals surface area contributed by atoms with Gasteiger partial charge in [-0.2, -0.15) is 38.2 Å². The smallest absolute Gasteiger partial charge is 0.488 e. The first-order valence-electron chi connectivity index (χ1n) is 33.9. The first kappa shape index (κ1) is 84.7. The molecule has 1 fully saturated rings. The number of para-hydroxylation sites is 3. The minimum absolute atomic E-state index is 0. The Hall–Kier alpha value is -7.52. The van der Waals surface area contributed by atoms with Crippen molar-refractivity contribution in [1.29, 1.82) is 10.5 Å². The van der Waals surface area contributed by atoms with Crippen LogP contribution in [0.2, 0.25) is 0 Å². The fraction of sp³-hybridized carbons (Fsp3) is 0.383. The van der Waals surface area contributed by atoms with Crippen LogP contribution >= 0.6 is 0 Å². The third-order valence-corrected chi connectivity index (χ3v) is 15.8. The van der Waals surface area contributed by atoms with Gasteiger partial charge in [-0.3, -0.25) is 14.5 Å². The number of halogens is 4. The van der Waals surface area contributed by atoms with Crippen molar-refractivity contribution in [2.24, 2.45) is 0 Å². The molecule has 4 aromatic heterocycles. The summed E-state index contributed by atoms with van der Waals surface area (Å²) in [5.41, 5.74) is 17.0. The van der Waals surface area contributed by atoms with Gasteiger partial charge in [-0.15, -0.1) is 53.6 Å². The van der Waals surface area contributed by atoms with E-state index in [1.165, 1.54) is 102 Å². The van der Waals surface area contributed by atoms with Gasteiger partial charge in [0, 0.05) is 86.7 Å². The van der Waals surface area contributed by atoms with Gasteiger partial charge in [-0.25, -0.2) is 9.97 Å². The van der Waals surface area contributed by atoms with Crippen molar-refractivity contribution in [3.63, 3.8) is 0 Å². The van der Waals surface area contributed by atoms with Crippen molar-refractivity contribution in [3.8, 4) is 63.4 Å². The molecule has 0 spiro atoms. The summed E-state index contributed by atoms with van der Waals surface area (Å²) < 4.78 is 51.1. The van der Waals surface area contributed by atoms with Crippen LogP contribution in [0.3, 0.4) is 0 Å². The van der Waals surface area contributed by atoms with Gasteiger partial charge in [0.2, 0.25) is 0 Å². The second-order valence-electron chi connectivity index (χ2n) is 25.7. The summed E-state index contributed by atoms with van der Waals surface area (Å²) in [4.78, 5) is 18.3. The predicted molar refractivity (Wildman–Crippen MR) is 389 cm³/mol. The molecule has 17 heteroatoms. The number of nitrogens with zero attached hydrogens (tertiary/aromatic N) is 9. The van der Waals surface area contributed by atoms with Crippen molar-refractivity contribution in [2.75, 3.05) is 0 Å². The van der Waals surface area contributed by atoms with Crippen molar-refractivity contribution in [1.82, 2.24) is 33.6 Å². The maximum absolute atomic E-state index is 9.75. The molecular formula is C81H99BF4Ir2N9O-2. The van der Waals surface area contributed by atoms with Gasteiger partial charge >= 0.3 is 27.4 Å². The molecule has 10 nitrogen and oxygen atoms in total. The Morgan fingerprint density at radius 1 is 0.480 bits per heavy atom.